The number of carbonyl (C=O) groups excluding carboxylic acids is 3. The Hall–Kier alpha value is -5.67. The molecule has 5 saturated heterocycles. The molecule has 1 aromatic carbocycles. The molecule has 4 aromatic heterocycles. The Bertz CT molecular complexity index is 2740. The van der Waals surface area contributed by atoms with Gasteiger partial charge in [-0.3, -0.25) is 43.3 Å². The van der Waals surface area contributed by atoms with Crippen LogP contribution in [-0.4, -0.2) is 131 Å². The van der Waals surface area contributed by atoms with Crippen molar-refractivity contribution in [2.45, 2.75) is 106 Å². The predicted molar refractivity (Wildman–Crippen MR) is 223 cm³/mol. The molecule has 1 aliphatic carbocycles. The summed E-state index contributed by atoms with van der Waals surface area (Å²) in [6.45, 7) is 2.24. The van der Waals surface area contributed by atoms with E-state index < -0.39 is 41.9 Å². The topological polar surface area (TPSA) is 169 Å². The van der Waals surface area contributed by atoms with Crippen LogP contribution in [0.2, 0.25) is 0 Å². The van der Waals surface area contributed by atoms with Crippen molar-refractivity contribution in [1.82, 2.24) is 48.6 Å². The number of piperidine rings is 2. The van der Waals surface area contributed by atoms with E-state index in [1.807, 2.05) is 28.0 Å². The van der Waals surface area contributed by atoms with Gasteiger partial charge in [0.15, 0.2) is 11.3 Å². The van der Waals surface area contributed by atoms with Gasteiger partial charge in [0.1, 0.15) is 17.4 Å². The first kappa shape index (κ1) is 41.1. The van der Waals surface area contributed by atoms with Gasteiger partial charge in [-0.25, -0.2) is 31.9 Å². The van der Waals surface area contributed by atoms with Crippen LogP contribution in [0.5, 0.6) is 0 Å². The highest BCUT2D eigenvalue weighted by atomic mass is 19.3. The summed E-state index contributed by atoms with van der Waals surface area (Å²) in [7, 11) is 1.64. The third-order valence-corrected chi connectivity index (χ3v) is 14.6. The number of alkyl halides is 4. The van der Waals surface area contributed by atoms with E-state index in [1.54, 1.807) is 19.3 Å². The number of morpholine rings is 1. The van der Waals surface area contributed by atoms with E-state index in [2.05, 4.69) is 25.7 Å². The number of hydrogen-bond donors (Lipinski definition) is 2. The minimum Gasteiger partial charge on any atom is -0.374 e. The zero-order valence-electron chi connectivity index (χ0n) is 35.1. The van der Waals surface area contributed by atoms with Gasteiger partial charge >= 0.3 is 5.69 Å². The summed E-state index contributed by atoms with van der Waals surface area (Å²) >= 11 is 0. The molecular weight excluding hydrogens is 841 g/mol. The second kappa shape index (κ2) is 15.5. The highest BCUT2D eigenvalue weighted by Crippen LogP contribution is 2.42. The van der Waals surface area contributed by atoms with Gasteiger partial charge in [-0.15, -0.1) is 0 Å². The molecule has 21 heteroatoms. The number of carbonyl (C=O) groups is 3. The van der Waals surface area contributed by atoms with Gasteiger partial charge in [0.05, 0.1) is 60.3 Å². The Kier molecular flexibility index (Phi) is 9.95. The molecule has 5 aliphatic heterocycles. The maximum absolute atomic E-state index is 16.1. The number of likely N-dealkylation sites (tertiary alicyclic amines) is 2. The third-order valence-electron chi connectivity index (χ3n) is 14.6. The molecule has 338 valence electrons. The normalized spacial score (nSPS) is 27.8. The Morgan fingerprint density at radius 2 is 1.78 bits per heavy atom. The van der Waals surface area contributed by atoms with E-state index in [0.717, 1.165) is 12.0 Å². The lowest BCUT2D eigenvalue weighted by molar-refractivity contribution is -0.151. The van der Waals surface area contributed by atoms with Crippen molar-refractivity contribution in [1.29, 1.82) is 0 Å². The minimum atomic E-state index is -2.98. The summed E-state index contributed by atoms with van der Waals surface area (Å²) in [5.74, 6) is -3.89. The number of anilines is 2. The van der Waals surface area contributed by atoms with Crippen molar-refractivity contribution in [3.63, 3.8) is 0 Å². The predicted octanol–water partition coefficient (Wildman–Crippen LogP) is 4.02. The molecule has 0 spiro atoms. The lowest BCUT2D eigenvalue weighted by Gasteiger charge is -2.51. The summed E-state index contributed by atoms with van der Waals surface area (Å²) in [6.07, 6.45) is 5.53. The van der Waals surface area contributed by atoms with E-state index >= 15 is 8.78 Å². The number of para-hydroxylation sites is 1. The Morgan fingerprint density at radius 3 is 2.50 bits per heavy atom. The average molecular weight is 889 g/mol. The van der Waals surface area contributed by atoms with Crippen LogP contribution in [-0.2, 0) is 21.4 Å². The van der Waals surface area contributed by atoms with Crippen LogP contribution in [0.3, 0.4) is 0 Å². The van der Waals surface area contributed by atoms with Crippen molar-refractivity contribution >= 4 is 45.9 Å². The van der Waals surface area contributed by atoms with Crippen LogP contribution < -0.4 is 21.2 Å². The molecule has 64 heavy (non-hydrogen) atoms. The molecule has 2 bridgehead atoms. The monoisotopic (exact) mass is 888 g/mol. The van der Waals surface area contributed by atoms with Gasteiger partial charge in [-0.05, 0) is 62.6 Å². The summed E-state index contributed by atoms with van der Waals surface area (Å²) in [5, 5.41) is 13.4. The highest BCUT2D eigenvalue weighted by Gasteiger charge is 2.52. The first-order valence-corrected chi connectivity index (χ1v) is 22.1. The van der Waals surface area contributed by atoms with Gasteiger partial charge < -0.3 is 15.0 Å². The number of benzene rings is 1. The number of nitrogens with one attached hydrogen (secondary N) is 2. The Labute approximate surface area is 363 Å². The molecule has 1 unspecified atom stereocenters. The summed E-state index contributed by atoms with van der Waals surface area (Å²) in [4.78, 5) is 62.1. The standard InChI is InChI=1S/C43H48F4N12O5/c1-53-37-28(3-2-4-31(37)59(42(53)63)32-9-10-35(60)51-41(32)62)23-17-55(18-23)33-11-13-54(22-43(33,46)47)24-5-7-25(8-6-24)58-20-30(36(52-58)38(44)45)49-40(61)29-16-48-57-14-12-34(50-39(29)57)56-19-27-15-26(56)21-64-27/h2-4,12,14,16,20,23-27,32-33,38H,5-11,13,15,17-19,21-22H2,1H3,(H,49,61)(H,51,60,62)/t24-,25-,26-,27-,32?,33+/m1/s1. The maximum Gasteiger partial charge on any atom is 0.329 e. The van der Waals surface area contributed by atoms with Gasteiger partial charge in [-0.2, -0.15) is 10.2 Å². The number of imide groups is 1. The maximum atomic E-state index is 16.1. The molecule has 6 fully saturated rings. The average Bonchev–Trinajstić information content (AvgIpc) is 4.11. The summed E-state index contributed by atoms with van der Waals surface area (Å²) in [6, 6.07) is 5.44. The number of amides is 3. The Morgan fingerprint density at radius 1 is 0.984 bits per heavy atom. The number of hydrogen-bond acceptors (Lipinski definition) is 11. The fourth-order valence-corrected chi connectivity index (χ4v) is 11.3. The molecule has 5 aromatic rings. The summed E-state index contributed by atoms with van der Waals surface area (Å²) < 4.78 is 72.4. The zero-order valence-corrected chi connectivity index (χ0v) is 35.1. The fraction of sp³-hybridized carbons (Fsp3) is 0.558. The largest absolute Gasteiger partial charge is 0.374 e. The fourth-order valence-electron chi connectivity index (χ4n) is 11.3. The van der Waals surface area contributed by atoms with Gasteiger partial charge in [0.25, 0.3) is 18.3 Å². The van der Waals surface area contributed by atoms with Crippen molar-refractivity contribution in [3.8, 4) is 0 Å². The smallest absolute Gasteiger partial charge is 0.329 e. The molecule has 17 nitrogen and oxygen atoms in total. The summed E-state index contributed by atoms with van der Waals surface area (Å²) in [5.41, 5.74) is 1.52. The van der Waals surface area contributed by atoms with E-state index in [-0.39, 0.29) is 78.8 Å². The number of nitrogens with zero attached hydrogens (tertiary/aromatic N) is 10. The first-order valence-electron chi connectivity index (χ1n) is 22.1. The highest BCUT2D eigenvalue weighted by molar-refractivity contribution is 6.08. The number of imidazole rings is 1. The zero-order chi connectivity index (χ0) is 44.2. The van der Waals surface area contributed by atoms with Crippen LogP contribution in [0.25, 0.3) is 16.7 Å². The number of ether oxygens (including phenoxy) is 1. The number of aromatic nitrogens is 7. The van der Waals surface area contributed by atoms with Gasteiger partial charge in [-0.1, -0.05) is 12.1 Å². The van der Waals surface area contributed by atoms with Crippen LogP contribution in [0.1, 0.15) is 97.4 Å². The van der Waals surface area contributed by atoms with Crippen molar-refractivity contribution in [3.05, 3.63) is 70.2 Å². The Balaban J connectivity index is 0.713. The molecule has 11 rings (SSSR count). The van der Waals surface area contributed by atoms with Crippen molar-refractivity contribution < 1.29 is 36.7 Å². The number of aryl methyl sites for hydroxylation is 1. The number of rotatable bonds is 9. The van der Waals surface area contributed by atoms with Crippen LogP contribution >= 0.6 is 0 Å². The third kappa shape index (κ3) is 6.88. The SMILES string of the molecule is Cn1c(=O)n(C2CCC(=O)NC2=O)c2cccc(C3CN([C@H]4CCN([C@H]5CC[C@H](n6cc(NC(=O)c7cnn8ccc(N9C[C@H]%10C[C@@H]9CO%10)nc78)c(C(F)F)n6)CC5)CC4(F)F)C3)c21. The van der Waals surface area contributed by atoms with Crippen molar-refractivity contribution in [2.24, 2.45) is 7.05 Å². The molecule has 2 N–H and O–H groups in total. The minimum absolute atomic E-state index is 0.0834. The van der Waals surface area contributed by atoms with E-state index in [1.165, 1.54) is 30.7 Å². The quantitative estimate of drug-likeness (QED) is 0.162. The van der Waals surface area contributed by atoms with Crippen LogP contribution in [0.15, 0.2) is 47.7 Å². The van der Waals surface area contributed by atoms with Crippen molar-refractivity contribution in [2.75, 3.05) is 49.5 Å². The number of fused-ring (bicyclic) bond motifs is 4. The second-order valence-electron chi connectivity index (χ2n) is 18.3. The van der Waals surface area contributed by atoms with Crippen LogP contribution in [0.4, 0.5) is 29.1 Å². The van der Waals surface area contributed by atoms with Crippen LogP contribution in [0, 0.1) is 0 Å². The van der Waals surface area contributed by atoms with E-state index in [4.69, 9.17) is 9.72 Å². The molecule has 9 heterocycles. The number of halogens is 4. The lowest BCUT2D eigenvalue weighted by atomic mass is 9.84. The molecule has 1 saturated carbocycles. The molecule has 4 atom stereocenters. The van der Waals surface area contributed by atoms with Gasteiger partial charge in [0.2, 0.25) is 11.8 Å². The second-order valence-corrected chi connectivity index (χ2v) is 18.3. The lowest BCUT2D eigenvalue weighted by Crippen LogP contribution is -2.64. The first-order chi connectivity index (χ1) is 30.8. The molecule has 3 amide bonds. The molecule has 6 aliphatic rings. The van der Waals surface area contributed by atoms with E-state index in [9.17, 15) is 28.0 Å². The molecular formula is C43H48F4N12O5. The van der Waals surface area contributed by atoms with E-state index in [0.29, 0.717) is 81.0 Å². The van der Waals surface area contributed by atoms with Gasteiger partial charge in [0, 0.05) is 64.0 Å². The molecule has 0 radical (unpaired) electrons.